The monoisotopic (exact) mass is 476 g/mol. The Morgan fingerprint density at radius 2 is 1.41 bits per heavy atom. The van der Waals surface area contributed by atoms with Gasteiger partial charge in [-0.1, -0.05) is 120 Å². The summed E-state index contributed by atoms with van der Waals surface area (Å²) in [5.41, 5.74) is 5.35. The highest BCUT2D eigenvalue weighted by molar-refractivity contribution is 5.42. The van der Waals surface area contributed by atoms with Crippen LogP contribution in [0.2, 0.25) is 0 Å². The summed E-state index contributed by atoms with van der Waals surface area (Å²) in [6.45, 7) is 30.8. The Hall–Kier alpha value is -1.08. The van der Waals surface area contributed by atoms with Crippen molar-refractivity contribution in [3.05, 3.63) is 47.5 Å². The number of nitrogens with one attached hydrogen (secondary N) is 1. The maximum Gasteiger partial charge on any atom is -0.00519 e. The lowest BCUT2D eigenvalue weighted by Crippen LogP contribution is -2.24. The molecule has 1 N–H and O–H groups in total. The highest BCUT2D eigenvalue weighted by Gasteiger charge is 2.30. The fourth-order valence-corrected chi connectivity index (χ4v) is 3.58. The molecule has 1 aromatic carbocycles. The lowest BCUT2D eigenvalue weighted by Gasteiger charge is -2.35. The summed E-state index contributed by atoms with van der Waals surface area (Å²) in [4.78, 5) is 0. The van der Waals surface area contributed by atoms with Gasteiger partial charge < -0.3 is 5.32 Å². The first kappa shape index (κ1) is 37.5. The minimum atomic E-state index is 0.288. The van der Waals surface area contributed by atoms with Crippen LogP contribution in [-0.2, 0) is 10.8 Å². The molecule has 1 nitrogen and oxygen atoms in total. The van der Waals surface area contributed by atoms with E-state index in [1.165, 1.54) is 63.5 Å². The van der Waals surface area contributed by atoms with Gasteiger partial charge in [0.25, 0.3) is 0 Å². The molecule has 2 rings (SSSR count). The first-order valence-corrected chi connectivity index (χ1v) is 14.5. The zero-order chi connectivity index (χ0) is 27.2. The second-order valence-corrected chi connectivity index (χ2v) is 10.1. The van der Waals surface area contributed by atoms with Gasteiger partial charge in [0.05, 0.1) is 0 Å². The second kappa shape index (κ2) is 22.4. The third-order valence-corrected chi connectivity index (χ3v) is 6.91. The topological polar surface area (TPSA) is 12.0 Å². The molecule has 1 saturated carbocycles. The fraction of sp³-hybridized carbons (Fsp3) is 0.758. The largest absolute Gasteiger partial charge is 0.320 e. The number of benzene rings is 1. The predicted molar refractivity (Wildman–Crippen MR) is 162 cm³/mol. The second-order valence-electron chi connectivity index (χ2n) is 10.1. The smallest absolute Gasteiger partial charge is 0.00519 e. The SMILES string of the molecule is C=CC.CC.CC.CCC(C)(C)c1ccc(C2CCC2)c(C(C)(C)CC)c1.CCCCCNC. The first-order valence-electron chi connectivity index (χ1n) is 14.5. The van der Waals surface area contributed by atoms with Crippen molar-refractivity contribution in [3.63, 3.8) is 0 Å². The van der Waals surface area contributed by atoms with Gasteiger partial charge in [0, 0.05) is 0 Å². The van der Waals surface area contributed by atoms with E-state index in [-0.39, 0.29) is 5.41 Å². The van der Waals surface area contributed by atoms with E-state index in [2.05, 4.69) is 78.6 Å². The lowest BCUT2D eigenvalue weighted by atomic mass is 9.69. The molecule has 1 fully saturated rings. The Morgan fingerprint density at radius 3 is 1.76 bits per heavy atom. The molecule has 1 aliphatic rings. The molecule has 34 heavy (non-hydrogen) atoms. The van der Waals surface area contributed by atoms with Crippen molar-refractivity contribution in [2.45, 2.75) is 151 Å². The van der Waals surface area contributed by atoms with E-state index in [4.69, 9.17) is 0 Å². The van der Waals surface area contributed by atoms with E-state index >= 15 is 0 Å². The molecule has 1 heteroatoms. The van der Waals surface area contributed by atoms with Crippen LogP contribution >= 0.6 is 0 Å². The lowest BCUT2D eigenvalue weighted by molar-refractivity contribution is 0.403. The van der Waals surface area contributed by atoms with Crippen LogP contribution in [0.3, 0.4) is 0 Å². The summed E-state index contributed by atoms with van der Waals surface area (Å²) in [5, 5.41) is 3.10. The van der Waals surface area contributed by atoms with Crippen LogP contribution < -0.4 is 5.32 Å². The van der Waals surface area contributed by atoms with E-state index in [0.717, 1.165) is 5.92 Å². The highest BCUT2D eigenvalue weighted by atomic mass is 14.8. The van der Waals surface area contributed by atoms with Gasteiger partial charge in [0.1, 0.15) is 0 Å². The van der Waals surface area contributed by atoms with Gasteiger partial charge in [-0.3, -0.25) is 0 Å². The van der Waals surface area contributed by atoms with Crippen molar-refractivity contribution >= 4 is 0 Å². The van der Waals surface area contributed by atoms with Crippen LogP contribution in [0.4, 0.5) is 0 Å². The minimum absolute atomic E-state index is 0.288. The number of allylic oxidation sites excluding steroid dienone is 1. The molecular weight excluding hydrogens is 410 g/mol. The predicted octanol–water partition coefficient (Wildman–Crippen LogP) is 11.0. The van der Waals surface area contributed by atoms with Gasteiger partial charge in [-0.15, -0.1) is 6.58 Å². The molecule has 1 aliphatic carbocycles. The maximum atomic E-state index is 3.36. The van der Waals surface area contributed by atoms with Gasteiger partial charge in [-0.2, -0.15) is 0 Å². The van der Waals surface area contributed by atoms with Gasteiger partial charge >= 0.3 is 0 Å². The summed E-state index contributed by atoms with van der Waals surface area (Å²) in [6.07, 6.45) is 12.4. The number of hydrogen-bond acceptors (Lipinski definition) is 1. The summed E-state index contributed by atoms with van der Waals surface area (Å²) in [6, 6.07) is 7.37. The molecule has 0 radical (unpaired) electrons. The molecule has 202 valence electrons. The van der Waals surface area contributed by atoms with Gasteiger partial charge in [0.15, 0.2) is 0 Å². The molecule has 0 saturated heterocycles. The average Bonchev–Trinajstić information content (AvgIpc) is 2.82. The Bertz CT molecular complexity index is 574. The van der Waals surface area contributed by atoms with Gasteiger partial charge in [-0.05, 0) is 86.1 Å². The number of hydrogen-bond donors (Lipinski definition) is 1. The van der Waals surface area contributed by atoms with E-state index in [9.17, 15) is 0 Å². The molecule has 0 atom stereocenters. The van der Waals surface area contributed by atoms with E-state index < -0.39 is 0 Å². The maximum absolute atomic E-state index is 3.36. The number of rotatable bonds is 9. The summed E-state index contributed by atoms with van der Waals surface area (Å²) < 4.78 is 0. The van der Waals surface area contributed by atoms with Crippen molar-refractivity contribution in [1.29, 1.82) is 0 Å². The average molecular weight is 476 g/mol. The highest BCUT2D eigenvalue weighted by Crippen LogP contribution is 2.43. The molecular formula is C33H65N. The molecule has 0 unspecified atom stereocenters. The minimum Gasteiger partial charge on any atom is -0.320 e. The van der Waals surface area contributed by atoms with Crippen LogP contribution in [0.25, 0.3) is 0 Å². The van der Waals surface area contributed by atoms with Gasteiger partial charge in [-0.25, -0.2) is 0 Å². The Kier molecular flexibility index (Phi) is 24.7. The van der Waals surface area contributed by atoms with Crippen LogP contribution in [0.1, 0.15) is 157 Å². The van der Waals surface area contributed by atoms with Crippen molar-refractivity contribution in [2.24, 2.45) is 0 Å². The Morgan fingerprint density at radius 1 is 0.912 bits per heavy atom. The standard InChI is InChI=1S/C20H32.C6H15N.C3H6.2C2H6/c1-7-19(3,4)16-12-13-17(15-10-9-11-15)18(14-16)20(5,6)8-2;1-3-4-5-6-7-2;1-3-2;2*1-2/h12-15H,7-11H2,1-6H3;7H,3-6H2,1-2H3;3H,1H2,2H3;2*1-2H3. The van der Waals surface area contributed by atoms with Crippen LogP contribution in [0, 0.1) is 0 Å². The molecule has 1 aromatic rings. The zero-order valence-corrected chi connectivity index (χ0v) is 26.0. The van der Waals surface area contributed by atoms with Crippen molar-refractivity contribution < 1.29 is 0 Å². The van der Waals surface area contributed by atoms with Crippen molar-refractivity contribution in [1.82, 2.24) is 5.32 Å². The van der Waals surface area contributed by atoms with Crippen molar-refractivity contribution in [3.8, 4) is 0 Å². The molecule has 0 bridgehead atoms. The molecule has 0 spiro atoms. The molecule has 0 aromatic heterocycles. The fourth-order valence-electron chi connectivity index (χ4n) is 3.58. The summed E-state index contributed by atoms with van der Waals surface area (Å²) in [5.74, 6) is 0.828. The third-order valence-electron chi connectivity index (χ3n) is 6.91. The molecule has 0 heterocycles. The van der Waals surface area contributed by atoms with E-state index in [1.807, 2.05) is 41.7 Å². The normalized spacial score (nSPS) is 12.7. The zero-order valence-electron chi connectivity index (χ0n) is 26.0. The molecule has 0 aliphatic heterocycles. The van der Waals surface area contributed by atoms with Crippen LogP contribution in [-0.4, -0.2) is 13.6 Å². The third kappa shape index (κ3) is 14.3. The quantitative estimate of drug-likeness (QED) is 0.276. The Balaban J connectivity index is -0.000000573. The molecule has 0 amide bonds. The van der Waals surface area contributed by atoms with E-state index in [1.54, 1.807) is 17.2 Å². The van der Waals surface area contributed by atoms with Crippen LogP contribution in [0.5, 0.6) is 0 Å². The summed E-state index contributed by atoms with van der Waals surface area (Å²) >= 11 is 0. The first-order chi connectivity index (χ1) is 16.1. The van der Waals surface area contributed by atoms with E-state index in [0.29, 0.717) is 5.41 Å². The Labute approximate surface area is 217 Å². The van der Waals surface area contributed by atoms with Gasteiger partial charge in [0.2, 0.25) is 0 Å². The van der Waals surface area contributed by atoms with Crippen molar-refractivity contribution in [2.75, 3.05) is 13.6 Å². The number of unbranched alkanes of at least 4 members (excludes halogenated alkanes) is 2. The summed E-state index contributed by atoms with van der Waals surface area (Å²) in [7, 11) is 2.00. The van der Waals surface area contributed by atoms with Crippen LogP contribution in [0.15, 0.2) is 30.9 Å².